The topological polar surface area (TPSA) is 12.0 Å². The summed E-state index contributed by atoms with van der Waals surface area (Å²) in [4.78, 5) is 0. The maximum atomic E-state index is 3.76. The normalized spacial score (nSPS) is 22.5. The quantitative estimate of drug-likeness (QED) is 0.744. The number of halogens is 1. The molecule has 0 aromatic heterocycles. The number of anilines is 1. The molecule has 3 rings (SSSR count). The molecule has 2 heteroatoms. The van der Waals surface area contributed by atoms with Crippen molar-refractivity contribution in [2.45, 2.75) is 44.1 Å². The third-order valence-electron chi connectivity index (χ3n) is 3.81. The zero-order chi connectivity index (χ0) is 10.3. The Morgan fingerprint density at radius 3 is 2.73 bits per heavy atom. The average Bonchev–Trinajstić information content (AvgIpc) is 2.56. The summed E-state index contributed by atoms with van der Waals surface area (Å²) in [6.45, 7) is 0. The van der Waals surface area contributed by atoms with Crippen molar-refractivity contribution in [3.63, 3.8) is 0 Å². The molecule has 2 aliphatic rings. The van der Waals surface area contributed by atoms with Crippen molar-refractivity contribution in [3.8, 4) is 0 Å². The predicted molar refractivity (Wildman–Crippen MR) is 67.3 cm³/mol. The van der Waals surface area contributed by atoms with E-state index in [2.05, 4.69) is 39.4 Å². The molecule has 1 aromatic rings. The van der Waals surface area contributed by atoms with Gasteiger partial charge in [0.2, 0.25) is 0 Å². The number of benzene rings is 1. The van der Waals surface area contributed by atoms with Gasteiger partial charge in [0, 0.05) is 15.7 Å². The highest BCUT2D eigenvalue weighted by molar-refractivity contribution is 9.10. The van der Waals surface area contributed by atoms with Gasteiger partial charge >= 0.3 is 0 Å². The molecule has 1 N–H and O–H groups in total. The van der Waals surface area contributed by atoms with Crippen molar-refractivity contribution in [1.82, 2.24) is 0 Å². The molecule has 1 spiro atoms. The van der Waals surface area contributed by atoms with Crippen LogP contribution in [-0.4, -0.2) is 5.54 Å². The van der Waals surface area contributed by atoms with Crippen molar-refractivity contribution in [2.75, 3.05) is 5.32 Å². The Balaban J connectivity index is 1.90. The van der Waals surface area contributed by atoms with Crippen LogP contribution in [-0.2, 0) is 6.42 Å². The molecule has 1 nitrogen and oxygen atoms in total. The Morgan fingerprint density at radius 2 is 1.93 bits per heavy atom. The molecule has 80 valence electrons. The first-order valence-electron chi connectivity index (χ1n) is 5.84. The molecular weight excluding hydrogens is 250 g/mol. The summed E-state index contributed by atoms with van der Waals surface area (Å²) < 4.78 is 1.20. The SMILES string of the molecule is Brc1ccc2c(c1)CC1(CCCCC1)N2. The predicted octanol–water partition coefficient (Wildman–Crippen LogP) is 4.12. The summed E-state index contributed by atoms with van der Waals surface area (Å²) in [6.07, 6.45) is 8.12. The first-order chi connectivity index (χ1) is 7.27. The van der Waals surface area contributed by atoms with Crippen molar-refractivity contribution in [3.05, 3.63) is 28.2 Å². The van der Waals surface area contributed by atoms with Gasteiger partial charge in [-0.2, -0.15) is 0 Å². The average molecular weight is 266 g/mol. The fraction of sp³-hybridized carbons (Fsp3) is 0.538. The van der Waals surface area contributed by atoms with E-state index in [9.17, 15) is 0 Å². The number of rotatable bonds is 0. The van der Waals surface area contributed by atoms with Gasteiger partial charge in [-0.3, -0.25) is 0 Å². The van der Waals surface area contributed by atoms with Crippen LogP contribution in [0.25, 0.3) is 0 Å². The number of hydrogen-bond donors (Lipinski definition) is 1. The third-order valence-corrected chi connectivity index (χ3v) is 4.30. The minimum atomic E-state index is 0.404. The molecule has 0 amide bonds. The van der Waals surface area contributed by atoms with Crippen LogP contribution in [0.2, 0.25) is 0 Å². The summed E-state index contributed by atoms with van der Waals surface area (Å²) in [7, 11) is 0. The summed E-state index contributed by atoms with van der Waals surface area (Å²) in [6, 6.07) is 6.61. The van der Waals surface area contributed by atoms with Crippen LogP contribution >= 0.6 is 15.9 Å². The molecule has 0 unspecified atom stereocenters. The lowest BCUT2D eigenvalue weighted by Gasteiger charge is -2.34. The van der Waals surface area contributed by atoms with E-state index in [4.69, 9.17) is 0 Å². The van der Waals surface area contributed by atoms with Gasteiger partial charge in [0.25, 0.3) is 0 Å². The first kappa shape index (κ1) is 9.71. The Kier molecular flexibility index (Phi) is 2.27. The van der Waals surface area contributed by atoms with Crippen LogP contribution in [0, 0.1) is 0 Å². The van der Waals surface area contributed by atoms with Crippen molar-refractivity contribution in [2.24, 2.45) is 0 Å². The smallest absolute Gasteiger partial charge is 0.0414 e. The second kappa shape index (κ2) is 3.51. The van der Waals surface area contributed by atoms with E-state index >= 15 is 0 Å². The van der Waals surface area contributed by atoms with Gasteiger partial charge in [-0.25, -0.2) is 0 Å². The lowest BCUT2D eigenvalue weighted by molar-refractivity contribution is 0.333. The zero-order valence-corrected chi connectivity index (χ0v) is 10.4. The van der Waals surface area contributed by atoms with Crippen LogP contribution in [0.1, 0.15) is 37.7 Å². The van der Waals surface area contributed by atoms with Gasteiger partial charge < -0.3 is 5.32 Å². The van der Waals surface area contributed by atoms with Crippen LogP contribution in [0.3, 0.4) is 0 Å². The summed E-state index contributed by atoms with van der Waals surface area (Å²) in [5.74, 6) is 0. The fourth-order valence-electron chi connectivity index (χ4n) is 3.06. The molecule has 1 heterocycles. The minimum absolute atomic E-state index is 0.404. The van der Waals surface area contributed by atoms with Gasteiger partial charge in [-0.05, 0) is 43.0 Å². The van der Waals surface area contributed by atoms with E-state index in [0.29, 0.717) is 5.54 Å². The Hall–Kier alpha value is -0.500. The largest absolute Gasteiger partial charge is 0.379 e. The van der Waals surface area contributed by atoms with Crippen molar-refractivity contribution in [1.29, 1.82) is 0 Å². The number of fused-ring (bicyclic) bond motifs is 1. The Labute approximate surface area is 99.4 Å². The maximum absolute atomic E-state index is 3.76. The van der Waals surface area contributed by atoms with Crippen molar-refractivity contribution < 1.29 is 0 Å². The molecule has 0 bridgehead atoms. The summed E-state index contributed by atoms with van der Waals surface area (Å²) in [5.41, 5.74) is 3.26. The van der Waals surface area contributed by atoms with E-state index in [1.54, 1.807) is 0 Å². The summed E-state index contributed by atoms with van der Waals surface area (Å²) in [5, 5.41) is 3.76. The molecule has 15 heavy (non-hydrogen) atoms. The molecule has 0 radical (unpaired) electrons. The van der Waals surface area contributed by atoms with Gasteiger partial charge in [-0.1, -0.05) is 35.2 Å². The number of nitrogens with one attached hydrogen (secondary N) is 1. The molecule has 0 atom stereocenters. The standard InChI is InChI=1S/C13H16BrN/c14-11-4-5-12-10(8-11)9-13(15-12)6-2-1-3-7-13/h4-5,8,15H,1-3,6-7,9H2. The van der Waals surface area contributed by atoms with Crippen LogP contribution in [0.5, 0.6) is 0 Å². The number of hydrogen-bond acceptors (Lipinski definition) is 1. The highest BCUT2D eigenvalue weighted by Crippen LogP contribution is 2.42. The van der Waals surface area contributed by atoms with E-state index in [0.717, 1.165) is 0 Å². The summed E-state index contributed by atoms with van der Waals surface area (Å²) >= 11 is 3.55. The van der Waals surface area contributed by atoms with E-state index < -0.39 is 0 Å². The van der Waals surface area contributed by atoms with Gasteiger partial charge in [0.1, 0.15) is 0 Å². The molecule has 1 aliphatic carbocycles. The van der Waals surface area contributed by atoms with Crippen LogP contribution in [0.4, 0.5) is 5.69 Å². The second-order valence-corrected chi connectivity index (χ2v) is 5.86. The Bertz CT molecular complexity index is 380. The van der Waals surface area contributed by atoms with Crippen LogP contribution < -0.4 is 5.32 Å². The zero-order valence-electron chi connectivity index (χ0n) is 8.85. The van der Waals surface area contributed by atoms with Crippen LogP contribution in [0.15, 0.2) is 22.7 Å². The maximum Gasteiger partial charge on any atom is 0.0414 e. The van der Waals surface area contributed by atoms with E-state index in [-0.39, 0.29) is 0 Å². The fourth-order valence-corrected chi connectivity index (χ4v) is 3.46. The molecule has 1 aliphatic heterocycles. The molecular formula is C13H16BrN. The molecule has 1 fully saturated rings. The Morgan fingerprint density at radius 1 is 1.13 bits per heavy atom. The van der Waals surface area contributed by atoms with Gasteiger partial charge in [0.15, 0.2) is 0 Å². The monoisotopic (exact) mass is 265 g/mol. The highest BCUT2D eigenvalue weighted by Gasteiger charge is 2.37. The first-order valence-corrected chi connectivity index (χ1v) is 6.63. The molecule has 1 saturated carbocycles. The molecule has 1 aromatic carbocycles. The van der Waals surface area contributed by atoms with E-state index in [1.165, 1.54) is 54.2 Å². The lowest BCUT2D eigenvalue weighted by atomic mass is 9.80. The van der Waals surface area contributed by atoms with Gasteiger partial charge in [-0.15, -0.1) is 0 Å². The minimum Gasteiger partial charge on any atom is -0.379 e. The highest BCUT2D eigenvalue weighted by atomic mass is 79.9. The lowest BCUT2D eigenvalue weighted by Crippen LogP contribution is -2.38. The van der Waals surface area contributed by atoms with Gasteiger partial charge in [0.05, 0.1) is 0 Å². The third kappa shape index (κ3) is 1.69. The van der Waals surface area contributed by atoms with Crippen molar-refractivity contribution >= 4 is 21.6 Å². The molecule has 0 saturated heterocycles. The van der Waals surface area contributed by atoms with E-state index in [1.807, 2.05) is 0 Å². The second-order valence-electron chi connectivity index (χ2n) is 4.94.